The Balaban J connectivity index is 0.000000720. The normalized spacial score (nSPS) is 8.62. The number of pyridine rings is 1. The molecule has 2 aromatic rings. The number of nitrogens with zero attached hydrogens (tertiary/aromatic N) is 1. The van der Waals surface area contributed by atoms with E-state index in [1.807, 2.05) is 18.2 Å². The zero-order chi connectivity index (χ0) is 7.68. The van der Waals surface area contributed by atoms with Crippen LogP contribution in [0.4, 0.5) is 0 Å². The number of hydrogen-bond donors (Lipinski definition) is 1. The molecule has 2 rings (SSSR count). The number of aromatic nitrogens is 1. The summed E-state index contributed by atoms with van der Waals surface area (Å²) < 4.78 is 0. The molecule has 0 atom stereocenters. The van der Waals surface area contributed by atoms with Gasteiger partial charge in [0.05, 0.1) is 0 Å². The summed E-state index contributed by atoms with van der Waals surface area (Å²) in [5.74, 6) is 0.239. The number of para-hydroxylation sites is 1. The van der Waals surface area contributed by atoms with Gasteiger partial charge in [0.15, 0.2) is 0 Å². The van der Waals surface area contributed by atoms with Gasteiger partial charge in [0.25, 0.3) is 0 Å². The van der Waals surface area contributed by atoms with Crippen LogP contribution in [0.5, 0.6) is 5.75 Å². The van der Waals surface area contributed by atoms with Gasteiger partial charge >= 0.3 is 0 Å². The van der Waals surface area contributed by atoms with Crippen LogP contribution in [0.15, 0.2) is 36.5 Å². The number of rotatable bonds is 0. The Kier molecular flexibility index (Phi) is 5.71. The minimum atomic E-state index is 0. The maximum absolute atomic E-state index is 9.31. The molecule has 0 aliphatic rings. The molecule has 1 aromatic carbocycles. The van der Waals surface area contributed by atoms with E-state index in [2.05, 4.69) is 4.98 Å². The van der Waals surface area contributed by atoms with Gasteiger partial charge in [-0.2, -0.15) is 0 Å². The third-order valence-electron chi connectivity index (χ3n) is 1.61. The van der Waals surface area contributed by atoms with Crippen LogP contribution in [0.2, 0.25) is 0 Å². The van der Waals surface area contributed by atoms with Gasteiger partial charge in [0.2, 0.25) is 0 Å². The van der Waals surface area contributed by atoms with Crippen molar-refractivity contribution in [2.75, 3.05) is 0 Å². The van der Waals surface area contributed by atoms with Crippen LogP contribution in [0.1, 0.15) is 0 Å². The second kappa shape index (κ2) is 5.69. The van der Waals surface area contributed by atoms with Crippen molar-refractivity contribution in [3.63, 3.8) is 0 Å². The van der Waals surface area contributed by atoms with Gasteiger partial charge in [0.1, 0.15) is 11.3 Å². The summed E-state index contributed by atoms with van der Waals surface area (Å²) in [4.78, 5) is 4.03. The number of phenolic OH excluding ortho intramolecular Hbond substituents is 1. The fourth-order valence-electron chi connectivity index (χ4n) is 1.09. The van der Waals surface area contributed by atoms with Crippen LogP contribution < -0.4 is 0 Å². The van der Waals surface area contributed by atoms with Crippen LogP contribution in [-0.2, 0) is 0 Å². The monoisotopic (exact) mass is 175 g/mol. The SMILES string of the molecule is Oc1cccc2cccnc12.[Li].[Na]. The van der Waals surface area contributed by atoms with Crippen LogP contribution in [0.25, 0.3) is 10.9 Å². The topological polar surface area (TPSA) is 33.1 Å². The molecule has 0 unspecified atom stereocenters. The van der Waals surface area contributed by atoms with E-state index in [1.54, 1.807) is 18.3 Å². The van der Waals surface area contributed by atoms with E-state index in [0.717, 1.165) is 5.39 Å². The molecule has 4 heteroatoms. The Bertz CT molecular complexity index is 389. The molecular weight excluding hydrogens is 168 g/mol. The maximum atomic E-state index is 9.31. The molecule has 0 saturated heterocycles. The molecular formula is C9H7LiNNaO. The van der Waals surface area contributed by atoms with Crippen molar-refractivity contribution >= 4 is 59.3 Å². The first-order valence-electron chi connectivity index (χ1n) is 3.40. The molecule has 56 valence electrons. The number of fused-ring (bicyclic) bond motifs is 1. The van der Waals surface area contributed by atoms with Gasteiger partial charge in [0, 0.05) is 60.0 Å². The van der Waals surface area contributed by atoms with Crippen molar-refractivity contribution in [1.82, 2.24) is 4.98 Å². The summed E-state index contributed by atoms with van der Waals surface area (Å²) in [6.45, 7) is 0. The number of aromatic hydroxyl groups is 1. The summed E-state index contributed by atoms with van der Waals surface area (Å²) in [7, 11) is 0. The van der Waals surface area contributed by atoms with Crippen molar-refractivity contribution in [3.8, 4) is 5.75 Å². The summed E-state index contributed by atoms with van der Waals surface area (Å²) in [5, 5.41) is 10.3. The quantitative estimate of drug-likeness (QED) is 0.610. The molecule has 2 radical (unpaired) electrons. The minimum absolute atomic E-state index is 0. The van der Waals surface area contributed by atoms with E-state index in [0.29, 0.717) is 5.52 Å². The number of hydrogen-bond acceptors (Lipinski definition) is 2. The van der Waals surface area contributed by atoms with Crippen LogP contribution >= 0.6 is 0 Å². The summed E-state index contributed by atoms with van der Waals surface area (Å²) in [5.41, 5.74) is 0.662. The predicted molar refractivity (Wildman–Crippen MR) is 54.9 cm³/mol. The van der Waals surface area contributed by atoms with Crippen LogP contribution in [-0.4, -0.2) is 58.5 Å². The maximum Gasteiger partial charge on any atom is 0.141 e. The first-order chi connectivity index (χ1) is 5.38. The Morgan fingerprint density at radius 3 is 2.46 bits per heavy atom. The third kappa shape index (κ3) is 2.74. The van der Waals surface area contributed by atoms with Crippen LogP contribution in [0, 0.1) is 0 Å². The van der Waals surface area contributed by atoms with Crippen molar-refractivity contribution in [2.45, 2.75) is 0 Å². The fraction of sp³-hybridized carbons (Fsp3) is 0. The molecule has 0 saturated carbocycles. The van der Waals surface area contributed by atoms with Gasteiger partial charge in [-0.25, -0.2) is 0 Å². The second-order valence-electron chi connectivity index (χ2n) is 2.35. The van der Waals surface area contributed by atoms with Gasteiger partial charge in [-0.1, -0.05) is 18.2 Å². The predicted octanol–water partition coefficient (Wildman–Crippen LogP) is 1.18. The molecule has 1 N–H and O–H groups in total. The Hall–Kier alpha value is 0.0274. The standard InChI is InChI=1S/C9H7NO.Li.Na/c11-8-5-1-3-7-4-2-6-10-9(7)8;;/h1-6,11H;;. The molecule has 0 bridgehead atoms. The minimum Gasteiger partial charge on any atom is -0.506 e. The largest absolute Gasteiger partial charge is 0.506 e. The number of phenols is 1. The molecule has 0 aliphatic heterocycles. The Morgan fingerprint density at radius 1 is 1.08 bits per heavy atom. The first-order valence-corrected chi connectivity index (χ1v) is 3.40. The summed E-state index contributed by atoms with van der Waals surface area (Å²) in [6.07, 6.45) is 1.67. The van der Waals surface area contributed by atoms with Crippen molar-refractivity contribution in [1.29, 1.82) is 0 Å². The van der Waals surface area contributed by atoms with E-state index < -0.39 is 0 Å². The molecule has 0 amide bonds. The van der Waals surface area contributed by atoms with Gasteiger partial charge in [-0.3, -0.25) is 4.98 Å². The van der Waals surface area contributed by atoms with E-state index in [-0.39, 0.29) is 54.2 Å². The molecule has 1 heterocycles. The third-order valence-corrected chi connectivity index (χ3v) is 1.61. The molecule has 1 aromatic heterocycles. The van der Waals surface area contributed by atoms with E-state index >= 15 is 0 Å². The zero-order valence-corrected chi connectivity index (χ0v) is 9.86. The Morgan fingerprint density at radius 2 is 1.77 bits per heavy atom. The first kappa shape index (κ1) is 13.0. The van der Waals surface area contributed by atoms with Gasteiger partial charge in [-0.15, -0.1) is 0 Å². The van der Waals surface area contributed by atoms with Crippen molar-refractivity contribution in [3.05, 3.63) is 36.5 Å². The zero-order valence-electron chi connectivity index (χ0n) is 7.86. The second-order valence-corrected chi connectivity index (χ2v) is 2.35. The molecule has 2 nitrogen and oxygen atoms in total. The fourth-order valence-corrected chi connectivity index (χ4v) is 1.09. The van der Waals surface area contributed by atoms with E-state index in [4.69, 9.17) is 0 Å². The molecule has 13 heavy (non-hydrogen) atoms. The van der Waals surface area contributed by atoms with Gasteiger partial charge in [-0.05, 0) is 12.1 Å². The summed E-state index contributed by atoms with van der Waals surface area (Å²) in [6, 6.07) is 9.13. The molecule has 0 fully saturated rings. The Labute approximate surface area is 111 Å². The molecule has 0 spiro atoms. The van der Waals surface area contributed by atoms with Crippen LogP contribution in [0.3, 0.4) is 0 Å². The summed E-state index contributed by atoms with van der Waals surface area (Å²) >= 11 is 0. The number of benzene rings is 1. The van der Waals surface area contributed by atoms with Gasteiger partial charge < -0.3 is 5.11 Å². The smallest absolute Gasteiger partial charge is 0.141 e. The average molecular weight is 175 g/mol. The van der Waals surface area contributed by atoms with Crippen molar-refractivity contribution in [2.24, 2.45) is 0 Å². The van der Waals surface area contributed by atoms with Crippen molar-refractivity contribution < 1.29 is 5.11 Å². The van der Waals surface area contributed by atoms with E-state index in [9.17, 15) is 5.11 Å². The molecule has 0 aliphatic carbocycles. The average Bonchev–Trinajstić information content (AvgIpc) is 2.06. The van der Waals surface area contributed by atoms with E-state index in [1.165, 1.54) is 0 Å².